The Labute approximate surface area is 192 Å². The summed E-state index contributed by atoms with van der Waals surface area (Å²) in [5, 5.41) is -0.360. The van der Waals surface area contributed by atoms with E-state index in [1.54, 1.807) is 30.4 Å². The largest absolute Gasteiger partial charge is 0.490 e. The van der Waals surface area contributed by atoms with Gasteiger partial charge in [0, 0.05) is 0 Å². The second-order valence-electron chi connectivity index (χ2n) is 6.26. The van der Waals surface area contributed by atoms with Crippen molar-refractivity contribution in [2.24, 2.45) is 0 Å². The van der Waals surface area contributed by atoms with Crippen molar-refractivity contribution in [3.05, 3.63) is 74.5 Å². The number of amides is 2. The third-order valence-electron chi connectivity index (χ3n) is 4.10. The maximum Gasteiger partial charge on any atom is 0.293 e. The van der Waals surface area contributed by atoms with Crippen molar-refractivity contribution in [3.8, 4) is 11.5 Å². The molecule has 3 rings (SSSR count). The van der Waals surface area contributed by atoms with Crippen LogP contribution in [0.4, 0.5) is 9.18 Å². The Kier molecular flexibility index (Phi) is 7.54. The molecule has 156 valence electrons. The van der Waals surface area contributed by atoms with Crippen molar-refractivity contribution >= 4 is 51.6 Å². The Morgan fingerprint density at radius 1 is 1.20 bits per heavy atom. The Hall–Kier alpha value is -2.33. The summed E-state index contributed by atoms with van der Waals surface area (Å²) in [6, 6.07) is 9.35. The molecule has 0 N–H and O–H groups in total. The maximum absolute atomic E-state index is 13.1. The number of benzene rings is 2. The van der Waals surface area contributed by atoms with Gasteiger partial charge in [0.15, 0.2) is 11.5 Å². The van der Waals surface area contributed by atoms with E-state index in [1.165, 1.54) is 12.1 Å². The number of imide groups is 1. The van der Waals surface area contributed by atoms with Gasteiger partial charge in [-0.2, -0.15) is 0 Å². The van der Waals surface area contributed by atoms with Crippen LogP contribution in [0, 0.1) is 9.39 Å². The van der Waals surface area contributed by atoms with Gasteiger partial charge in [0.1, 0.15) is 12.4 Å². The molecule has 0 atom stereocenters. The van der Waals surface area contributed by atoms with Crippen molar-refractivity contribution in [2.45, 2.75) is 13.5 Å². The van der Waals surface area contributed by atoms with Crippen LogP contribution in [0.1, 0.15) is 18.1 Å². The fourth-order valence-corrected chi connectivity index (χ4v) is 4.40. The zero-order valence-electron chi connectivity index (χ0n) is 16.2. The highest BCUT2D eigenvalue weighted by Gasteiger charge is 2.35. The standard InChI is InChI=1S/C22H19FINO4S/c1-3-9-29-20-17(24)10-15(11-18(20)28-4-2)12-19-21(26)25(22(27)30-19)13-14-5-7-16(23)8-6-14/h3,5-8,10-12H,1,4,9,13H2,2H3. The second kappa shape index (κ2) is 10.1. The van der Waals surface area contributed by atoms with E-state index >= 15 is 0 Å². The van der Waals surface area contributed by atoms with E-state index in [4.69, 9.17) is 9.47 Å². The average Bonchev–Trinajstić information content (AvgIpc) is 2.96. The third-order valence-corrected chi connectivity index (χ3v) is 5.81. The molecule has 2 amide bonds. The first-order valence-electron chi connectivity index (χ1n) is 9.12. The number of rotatable bonds is 8. The van der Waals surface area contributed by atoms with Gasteiger partial charge in [-0.3, -0.25) is 14.5 Å². The van der Waals surface area contributed by atoms with Crippen molar-refractivity contribution in [3.63, 3.8) is 0 Å². The normalized spacial score (nSPS) is 15.0. The second-order valence-corrected chi connectivity index (χ2v) is 8.41. The van der Waals surface area contributed by atoms with Crippen LogP contribution in [0.15, 0.2) is 54.0 Å². The molecule has 5 nitrogen and oxygen atoms in total. The van der Waals surface area contributed by atoms with Crippen LogP contribution in [0.2, 0.25) is 0 Å². The maximum atomic E-state index is 13.1. The molecule has 0 bridgehead atoms. The van der Waals surface area contributed by atoms with Crippen LogP contribution in [-0.2, 0) is 11.3 Å². The zero-order valence-corrected chi connectivity index (χ0v) is 19.2. The highest BCUT2D eigenvalue weighted by Crippen LogP contribution is 2.37. The SMILES string of the molecule is C=CCOc1c(I)cc(C=C2SC(=O)N(Cc3ccc(F)cc3)C2=O)cc1OCC. The highest BCUT2D eigenvalue weighted by atomic mass is 127. The van der Waals surface area contributed by atoms with Crippen LogP contribution in [0.3, 0.4) is 0 Å². The molecule has 1 saturated heterocycles. The molecule has 0 saturated carbocycles. The molecule has 1 heterocycles. The van der Waals surface area contributed by atoms with Gasteiger partial charge in [0.25, 0.3) is 11.1 Å². The van der Waals surface area contributed by atoms with Gasteiger partial charge in [-0.25, -0.2) is 4.39 Å². The molecule has 8 heteroatoms. The minimum atomic E-state index is -0.380. The van der Waals surface area contributed by atoms with Gasteiger partial charge in [0.05, 0.1) is 21.6 Å². The molecule has 0 spiro atoms. The molecule has 0 radical (unpaired) electrons. The summed E-state index contributed by atoms with van der Waals surface area (Å²) < 4.78 is 25.3. The van der Waals surface area contributed by atoms with Gasteiger partial charge in [-0.05, 0) is 82.7 Å². The lowest BCUT2D eigenvalue weighted by Crippen LogP contribution is -2.27. The first kappa shape index (κ1) is 22.4. The fourth-order valence-electron chi connectivity index (χ4n) is 2.78. The molecule has 2 aromatic carbocycles. The molecule has 1 aliphatic rings. The number of halogens is 2. The van der Waals surface area contributed by atoms with Crippen LogP contribution in [0.25, 0.3) is 6.08 Å². The number of carbonyl (C=O) groups is 2. The summed E-state index contributed by atoms with van der Waals surface area (Å²) in [5.41, 5.74) is 1.40. The Morgan fingerprint density at radius 2 is 1.93 bits per heavy atom. The molecule has 30 heavy (non-hydrogen) atoms. The van der Waals surface area contributed by atoms with E-state index in [-0.39, 0.29) is 23.5 Å². The topological polar surface area (TPSA) is 55.8 Å². The van der Waals surface area contributed by atoms with Gasteiger partial charge < -0.3 is 9.47 Å². The summed E-state index contributed by atoms with van der Waals surface area (Å²) in [6.45, 7) is 6.42. The lowest BCUT2D eigenvalue weighted by molar-refractivity contribution is -0.123. The summed E-state index contributed by atoms with van der Waals surface area (Å²) >= 11 is 3.02. The van der Waals surface area contributed by atoms with E-state index in [1.807, 2.05) is 13.0 Å². The Bertz CT molecular complexity index is 1010. The monoisotopic (exact) mass is 539 g/mol. The zero-order chi connectivity index (χ0) is 21.7. The summed E-state index contributed by atoms with van der Waals surface area (Å²) in [5.74, 6) is 0.421. The summed E-state index contributed by atoms with van der Waals surface area (Å²) in [6.07, 6.45) is 3.31. The Balaban J connectivity index is 1.85. The smallest absolute Gasteiger partial charge is 0.293 e. The number of carbonyl (C=O) groups excluding carboxylic acids is 2. The lowest BCUT2D eigenvalue weighted by Gasteiger charge is -2.14. The summed E-state index contributed by atoms with van der Waals surface area (Å²) in [7, 11) is 0. The molecule has 0 aliphatic carbocycles. The van der Waals surface area contributed by atoms with Crippen molar-refractivity contribution in [1.29, 1.82) is 0 Å². The van der Waals surface area contributed by atoms with Gasteiger partial charge >= 0.3 is 0 Å². The van der Waals surface area contributed by atoms with Crippen LogP contribution < -0.4 is 9.47 Å². The van der Waals surface area contributed by atoms with Crippen molar-refractivity contribution in [2.75, 3.05) is 13.2 Å². The number of nitrogens with zero attached hydrogens (tertiary/aromatic N) is 1. The molecule has 1 fully saturated rings. The molecule has 0 unspecified atom stereocenters. The Morgan fingerprint density at radius 3 is 2.60 bits per heavy atom. The van der Waals surface area contributed by atoms with Gasteiger partial charge in [-0.15, -0.1) is 0 Å². The minimum Gasteiger partial charge on any atom is -0.490 e. The van der Waals surface area contributed by atoms with Crippen molar-refractivity contribution < 1.29 is 23.5 Å². The number of hydrogen-bond donors (Lipinski definition) is 0. The molecule has 2 aromatic rings. The van der Waals surface area contributed by atoms with Gasteiger partial charge in [-0.1, -0.05) is 24.8 Å². The fraction of sp³-hybridized carbons (Fsp3) is 0.182. The molecule has 1 aliphatic heterocycles. The first-order valence-corrected chi connectivity index (χ1v) is 11.0. The molecule has 0 aromatic heterocycles. The highest BCUT2D eigenvalue weighted by molar-refractivity contribution is 14.1. The van der Waals surface area contributed by atoms with Crippen LogP contribution >= 0.6 is 34.4 Å². The van der Waals surface area contributed by atoms with E-state index in [9.17, 15) is 14.0 Å². The van der Waals surface area contributed by atoms with E-state index in [2.05, 4.69) is 29.2 Å². The predicted molar refractivity (Wildman–Crippen MR) is 124 cm³/mol. The first-order chi connectivity index (χ1) is 14.4. The average molecular weight is 539 g/mol. The lowest BCUT2D eigenvalue weighted by atomic mass is 10.1. The summed E-state index contributed by atoms with van der Waals surface area (Å²) in [4.78, 5) is 26.6. The number of hydrogen-bond acceptors (Lipinski definition) is 5. The third kappa shape index (κ3) is 5.23. The predicted octanol–water partition coefficient (Wildman–Crippen LogP) is 5.63. The van der Waals surface area contributed by atoms with E-state index < -0.39 is 0 Å². The van der Waals surface area contributed by atoms with E-state index in [0.29, 0.717) is 35.2 Å². The minimum absolute atomic E-state index is 0.0956. The quantitative estimate of drug-likeness (QED) is 0.247. The van der Waals surface area contributed by atoms with Gasteiger partial charge in [0.2, 0.25) is 0 Å². The van der Waals surface area contributed by atoms with Crippen molar-refractivity contribution in [1.82, 2.24) is 4.90 Å². The number of thioether (sulfide) groups is 1. The van der Waals surface area contributed by atoms with Crippen LogP contribution in [0.5, 0.6) is 11.5 Å². The van der Waals surface area contributed by atoms with Crippen LogP contribution in [-0.4, -0.2) is 29.3 Å². The van der Waals surface area contributed by atoms with E-state index in [0.717, 1.165) is 25.8 Å². The number of ether oxygens (including phenoxy) is 2. The molecular formula is C22H19FINO4S. The molecular weight excluding hydrogens is 520 g/mol.